The number of aromatic amines is 1. The van der Waals surface area contributed by atoms with E-state index in [4.69, 9.17) is 5.26 Å². The monoisotopic (exact) mass is 290 g/mol. The molecule has 0 aliphatic heterocycles. The van der Waals surface area contributed by atoms with Crippen molar-refractivity contribution in [3.05, 3.63) is 41.6 Å². The summed E-state index contributed by atoms with van der Waals surface area (Å²) in [5, 5.41) is 14.9. The number of hydrogen-bond acceptors (Lipinski definition) is 4. The molecular weight excluding hydrogens is 276 g/mol. The van der Waals surface area contributed by atoms with Gasteiger partial charge in [-0.25, -0.2) is 8.42 Å². The molecule has 2 aromatic rings. The fourth-order valence-corrected chi connectivity index (χ4v) is 2.80. The van der Waals surface area contributed by atoms with E-state index in [0.29, 0.717) is 0 Å². The molecule has 1 aromatic carbocycles. The van der Waals surface area contributed by atoms with Crippen LogP contribution in [0.5, 0.6) is 0 Å². The summed E-state index contributed by atoms with van der Waals surface area (Å²) >= 11 is 0. The lowest BCUT2D eigenvalue weighted by molar-refractivity contribution is 0.601. The number of H-pyrrole nitrogens is 1. The highest BCUT2D eigenvalue weighted by atomic mass is 32.2. The number of anilines is 1. The topological polar surface area (TPSA) is 98.6 Å². The van der Waals surface area contributed by atoms with Gasteiger partial charge in [0.25, 0.3) is 10.0 Å². The van der Waals surface area contributed by atoms with E-state index in [9.17, 15) is 8.42 Å². The number of sulfonamides is 1. The molecule has 1 aromatic heterocycles. The highest BCUT2D eigenvalue weighted by Gasteiger charge is 2.17. The molecule has 2 N–H and O–H groups in total. The fourth-order valence-electron chi connectivity index (χ4n) is 1.77. The van der Waals surface area contributed by atoms with Crippen LogP contribution in [0.1, 0.15) is 24.5 Å². The molecule has 104 valence electrons. The van der Waals surface area contributed by atoms with Crippen LogP contribution in [-0.2, 0) is 16.4 Å². The van der Waals surface area contributed by atoms with E-state index in [2.05, 4.69) is 21.8 Å². The highest BCUT2D eigenvalue weighted by Crippen LogP contribution is 2.17. The van der Waals surface area contributed by atoms with Crippen LogP contribution >= 0.6 is 0 Å². The number of hydrogen-bond donors (Lipinski definition) is 2. The maximum Gasteiger partial charge on any atom is 0.263 e. The van der Waals surface area contributed by atoms with Crippen LogP contribution in [0.2, 0.25) is 0 Å². The summed E-state index contributed by atoms with van der Waals surface area (Å²) in [5.41, 5.74) is 1.24. The van der Waals surface area contributed by atoms with Crippen LogP contribution in [0.4, 0.5) is 5.82 Å². The largest absolute Gasteiger partial charge is 0.263 e. The normalized spacial score (nSPS) is 11.0. The van der Waals surface area contributed by atoms with Crippen molar-refractivity contribution in [2.75, 3.05) is 4.72 Å². The molecule has 0 atom stereocenters. The number of rotatable bonds is 5. The maximum absolute atomic E-state index is 12.2. The summed E-state index contributed by atoms with van der Waals surface area (Å²) < 4.78 is 26.7. The Hall–Kier alpha value is -2.33. The Morgan fingerprint density at radius 1 is 1.35 bits per heavy atom. The molecule has 0 aliphatic carbocycles. The summed E-state index contributed by atoms with van der Waals surface area (Å²) in [5.74, 6) is 0.0742. The number of nitrogens with one attached hydrogen (secondary N) is 2. The molecule has 1 heterocycles. The van der Waals surface area contributed by atoms with E-state index in [0.717, 1.165) is 18.4 Å². The van der Waals surface area contributed by atoms with Crippen molar-refractivity contribution in [2.24, 2.45) is 0 Å². The minimum atomic E-state index is -3.72. The van der Waals surface area contributed by atoms with Crippen molar-refractivity contribution in [2.45, 2.75) is 24.7 Å². The van der Waals surface area contributed by atoms with Gasteiger partial charge in [0.15, 0.2) is 5.82 Å². The zero-order valence-electron chi connectivity index (χ0n) is 10.9. The van der Waals surface area contributed by atoms with Crippen molar-refractivity contribution >= 4 is 15.8 Å². The predicted octanol–water partition coefficient (Wildman–Crippen LogP) is 2.03. The van der Waals surface area contributed by atoms with E-state index in [1.807, 2.05) is 6.07 Å². The van der Waals surface area contributed by atoms with Crippen LogP contribution in [0.15, 0.2) is 35.4 Å². The molecule has 0 aliphatic rings. The van der Waals surface area contributed by atoms with Gasteiger partial charge in [0.05, 0.1) is 11.1 Å². The third-order valence-electron chi connectivity index (χ3n) is 2.77. The van der Waals surface area contributed by atoms with Crippen LogP contribution in [0.3, 0.4) is 0 Å². The molecule has 0 fully saturated rings. The average Bonchev–Trinajstić information content (AvgIpc) is 2.86. The Labute approximate surface area is 117 Å². The Morgan fingerprint density at radius 2 is 2.05 bits per heavy atom. The molecule has 0 amide bonds. The maximum atomic E-state index is 12.2. The standard InChI is InChI=1S/C13H14N4O2S/c1-2-3-10-4-6-12(7-5-10)20(18,19)17-13-11(8-14)9-15-16-13/h4-7,9H,2-3H2,1H3,(H2,15,16,17). The molecule has 2 rings (SSSR count). The van der Waals surface area contributed by atoms with Gasteiger partial charge in [0.2, 0.25) is 0 Å². The second kappa shape index (κ2) is 5.75. The number of aromatic nitrogens is 2. The number of benzene rings is 1. The Bertz CT molecular complexity index is 726. The van der Waals surface area contributed by atoms with E-state index in [1.54, 1.807) is 24.3 Å². The van der Waals surface area contributed by atoms with Gasteiger partial charge in [0.1, 0.15) is 11.6 Å². The first-order valence-electron chi connectivity index (χ1n) is 6.12. The number of aryl methyl sites for hydroxylation is 1. The quantitative estimate of drug-likeness (QED) is 0.880. The first kappa shape index (κ1) is 14.1. The van der Waals surface area contributed by atoms with Crippen LogP contribution < -0.4 is 4.72 Å². The molecule has 0 spiro atoms. The molecule has 0 bridgehead atoms. The van der Waals surface area contributed by atoms with Crippen molar-refractivity contribution in [1.82, 2.24) is 10.2 Å². The summed E-state index contributed by atoms with van der Waals surface area (Å²) in [6.07, 6.45) is 3.18. The van der Waals surface area contributed by atoms with E-state index in [-0.39, 0.29) is 16.3 Å². The SMILES string of the molecule is CCCc1ccc(S(=O)(=O)Nc2[nH]ncc2C#N)cc1. The summed E-state index contributed by atoms with van der Waals surface area (Å²) in [6.45, 7) is 2.06. The zero-order chi connectivity index (χ0) is 14.6. The van der Waals surface area contributed by atoms with Gasteiger partial charge in [-0.05, 0) is 24.1 Å². The van der Waals surface area contributed by atoms with Gasteiger partial charge >= 0.3 is 0 Å². The Balaban J connectivity index is 2.24. The summed E-state index contributed by atoms with van der Waals surface area (Å²) in [4.78, 5) is 0.149. The molecule has 6 nitrogen and oxygen atoms in total. The number of nitrogens with zero attached hydrogens (tertiary/aromatic N) is 2. The highest BCUT2D eigenvalue weighted by molar-refractivity contribution is 7.92. The van der Waals surface area contributed by atoms with Gasteiger partial charge in [-0.3, -0.25) is 9.82 Å². The zero-order valence-corrected chi connectivity index (χ0v) is 11.7. The molecule has 7 heteroatoms. The smallest absolute Gasteiger partial charge is 0.263 e. The van der Waals surface area contributed by atoms with Gasteiger partial charge in [-0.2, -0.15) is 10.4 Å². The third-order valence-corrected chi connectivity index (χ3v) is 4.13. The van der Waals surface area contributed by atoms with Crippen LogP contribution in [0, 0.1) is 11.3 Å². The lowest BCUT2D eigenvalue weighted by Gasteiger charge is -2.07. The minimum Gasteiger partial charge on any atom is -0.263 e. The minimum absolute atomic E-state index is 0.0742. The summed E-state index contributed by atoms with van der Waals surface area (Å²) in [7, 11) is -3.72. The van der Waals surface area contributed by atoms with Gasteiger partial charge in [-0.1, -0.05) is 25.5 Å². The fraction of sp³-hybridized carbons (Fsp3) is 0.231. The summed E-state index contributed by atoms with van der Waals surface area (Å²) in [6, 6.07) is 8.53. The van der Waals surface area contributed by atoms with E-state index >= 15 is 0 Å². The molecule has 0 saturated carbocycles. The predicted molar refractivity (Wildman–Crippen MR) is 74.5 cm³/mol. The van der Waals surface area contributed by atoms with Crippen LogP contribution in [0.25, 0.3) is 0 Å². The van der Waals surface area contributed by atoms with Crippen molar-refractivity contribution in [3.63, 3.8) is 0 Å². The molecule has 0 unspecified atom stereocenters. The van der Waals surface area contributed by atoms with Gasteiger partial charge in [0, 0.05) is 0 Å². The molecule has 0 saturated heterocycles. The second-order valence-electron chi connectivity index (χ2n) is 4.27. The number of nitriles is 1. The lowest BCUT2D eigenvalue weighted by Crippen LogP contribution is -2.14. The Kier molecular flexibility index (Phi) is 4.05. The van der Waals surface area contributed by atoms with Crippen molar-refractivity contribution in [3.8, 4) is 6.07 Å². The first-order valence-corrected chi connectivity index (χ1v) is 7.60. The first-order chi connectivity index (χ1) is 9.56. The van der Waals surface area contributed by atoms with Crippen molar-refractivity contribution < 1.29 is 8.42 Å². The van der Waals surface area contributed by atoms with Gasteiger partial charge in [-0.15, -0.1) is 0 Å². The van der Waals surface area contributed by atoms with Crippen molar-refractivity contribution in [1.29, 1.82) is 5.26 Å². The average molecular weight is 290 g/mol. The molecule has 0 radical (unpaired) electrons. The third kappa shape index (κ3) is 2.97. The van der Waals surface area contributed by atoms with E-state index in [1.165, 1.54) is 6.20 Å². The van der Waals surface area contributed by atoms with E-state index < -0.39 is 10.0 Å². The Morgan fingerprint density at radius 3 is 2.65 bits per heavy atom. The second-order valence-corrected chi connectivity index (χ2v) is 5.95. The lowest BCUT2D eigenvalue weighted by atomic mass is 10.1. The van der Waals surface area contributed by atoms with Crippen LogP contribution in [-0.4, -0.2) is 18.6 Å². The molecular formula is C13H14N4O2S. The van der Waals surface area contributed by atoms with Gasteiger partial charge < -0.3 is 0 Å². The molecule has 20 heavy (non-hydrogen) atoms.